The normalized spacial score (nSPS) is 10.5. The highest BCUT2D eigenvalue weighted by Gasteiger charge is 1.98. The maximum atomic E-state index is 10.2. The van der Waals surface area contributed by atoms with Crippen molar-refractivity contribution in [3.8, 4) is 0 Å². The van der Waals surface area contributed by atoms with E-state index in [-0.39, 0.29) is 5.15 Å². The summed E-state index contributed by atoms with van der Waals surface area (Å²) in [5.74, 6) is -1.05. The van der Waals surface area contributed by atoms with Crippen LogP contribution in [0, 0.1) is 0 Å². The molecule has 0 aromatic carbocycles. The molecule has 1 heterocycles. The summed E-state index contributed by atoms with van der Waals surface area (Å²) in [6.45, 7) is 0. The van der Waals surface area contributed by atoms with Gasteiger partial charge in [0.25, 0.3) is 0 Å². The fraction of sp³-hybridized carbons (Fsp3) is 0. The van der Waals surface area contributed by atoms with Crippen LogP contribution in [0.5, 0.6) is 0 Å². The van der Waals surface area contributed by atoms with E-state index in [4.69, 9.17) is 22.4 Å². The number of carboxylic acids is 1. The van der Waals surface area contributed by atoms with Crippen LogP contribution in [0.4, 0.5) is 5.69 Å². The number of carboxylic acid groups (broad SMARTS) is 1. The molecule has 0 bridgehead atoms. The molecule has 4 nitrogen and oxygen atoms in total. The van der Waals surface area contributed by atoms with E-state index in [1.54, 1.807) is 6.07 Å². The fourth-order valence-electron chi connectivity index (χ4n) is 0.745. The first-order valence-electron chi connectivity index (χ1n) is 3.42. The van der Waals surface area contributed by atoms with Crippen molar-refractivity contribution >= 4 is 29.3 Å². The summed E-state index contributed by atoms with van der Waals surface area (Å²) < 4.78 is 0. The Morgan fingerprint density at radius 1 is 1.62 bits per heavy atom. The minimum absolute atomic E-state index is 0.277. The standard InChI is InChI=1S/C8H7ClN2O2/c9-7-3-1-5(10)6(11-7)2-4-8(12)13/h1-4H,10H2,(H,12,13). The van der Waals surface area contributed by atoms with Gasteiger partial charge in [-0.2, -0.15) is 0 Å². The lowest BCUT2D eigenvalue weighted by Crippen LogP contribution is -1.93. The number of hydrogen-bond acceptors (Lipinski definition) is 3. The van der Waals surface area contributed by atoms with Gasteiger partial charge in [-0.05, 0) is 18.2 Å². The van der Waals surface area contributed by atoms with Crippen LogP contribution in [0.15, 0.2) is 18.2 Å². The summed E-state index contributed by atoms with van der Waals surface area (Å²) in [5.41, 5.74) is 6.26. The van der Waals surface area contributed by atoms with Gasteiger partial charge < -0.3 is 10.8 Å². The molecular formula is C8H7ClN2O2. The molecule has 13 heavy (non-hydrogen) atoms. The smallest absolute Gasteiger partial charge is 0.328 e. The molecule has 0 aliphatic heterocycles. The van der Waals surface area contributed by atoms with Crippen LogP contribution in [-0.4, -0.2) is 16.1 Å². The molecule has 0 saturated heterocycles. The van der Waals surface area contributed by atoms with Gasteiger partial charge in [-0.1, -0.05) is 11.6 Å². The molecule has 0 spiro atoms. The van der Waals surface area contributed by atoms with Gasteiger partial charge in [0.2, 0.25) is 0 Å². The minimum Gasteiger partial charge on any atom is -0.478 e. The van der Waals surface area contributed by atoms with Crippen molar-refractivity contribution < 1.29 is 9.90 Å². The Morgan fingerprint density at radius 3 is 2.92 bits per heavy atom. The molecule has 68 valence electrons. The zero-order valence-corrected chi connectivity index (χ0v) is 7.32. The Hall–Kier alpha value is -1.55. The molecule has 1 rings (SSSR count). The minimum atomic E-state index is -1.05. The van der Waals surface area contributed by atoms with E-state index in [9.17, 15) is 4.79 Å². The van der Waals surface area contributed by atoms with E-state index in [0.29, 0.717) is 11.4 Å². The molecule has 0 fully saturated rings. The topological polar surface area (TPSA) is 76.2 Å². The first-order valence-corrected chi connectivity index (χ1v) is 3.80. The van der Waals surface area contributed by atoms with Crippen molar-refractivity contribution in [1.29, 1.82) is 0 Å². The van der Waals surface area contributed by atoms with Gasteiger partial charge in [-0.15, -0.1) is 0 Å². The number of nitrogen functional groups attached to an aromatic ring is 1. The number of aliphatic carboxylic acids is 1. The van der Waals surface area contributed by atoms with Crippen molar-refractivity contribution in [3.05, 3.63) is 29.1 Å². The first kappa shape index (κ1) is 9.54. The molecule has 0 unspecified atom stereocenters. The van der Waals surface area contributed by atoms with Gasteiger partial charge in [-0.3, -0.25) is 0 Å². The molecule has 1 aromatic heterocycles. The maximum Gasteiger partial charge on any atom is 0.328 e. The molecule has 3 N–H and O–H groups in total. The Labute approximate surface area is 79.7 Å². The lowest BCUT2D eigenvalue weighted by molar-refractivity contribution is -0.131. The van der Waals surface area contributed by atoms with Gasteiger partial charge >= 0.3 is 5.97 Å². The molecule has 0 aliphatic carbocycles. The molecular weight excluding hydrogens is 192 g/mol. The SMILES string of the molecule is Nc1ccc(Cl)nc1C=CC(=O)O. The Morgan fingerprint density at radius 2 is 2.31 bits per heavy atom. The zero-order valence-electron chi connectivity index (χ0n) is 6.57. The maximum absolute atomic E-state index is 10.2. The number of nitrogens with zero attached hydrogens (tertiary/aromatic N) is 1. The van der Waals surface area contributed by atoms with Crippen molar-refractivity contribution in [2.24, 2.45) is 0 Å². The summed E-state index contributed by atoms with van der Waals surface area (Å²) >= 11 is 5.58. The van der Waals surface area contributed by atoms with E-state index < -0.39 is 5.97 Å². The molecule has 5 heteroatoms. The zero-order chi connectivity index (χ0) is 9.84. The summed E-state index contributed by atoms with van der Waals surface area (Å²) in [5, 5.41) is 8.62. The van der Waals surface area contributed by atoms with Crippen LogP contribution >= 0.6 is 11.6 Å². The van der Waals surface area contributed by atoms with Crippen molar-refractivity contribution in [2.75, 3.05) is 5.73 Å². The second-order valence-electron chi connectivity index (χ2n) is 2.28. The number of anilines is 1. The molecule has 0 atom stereocenters. The van der Waals surface area contributed by atoms with Crippen LogP contribution in [-0.2, 0) is 4.79 Å². The summed E-state index contributed by atoms with van der Waals surface area (Å²) in [4.78, 5) is 14.0. The summed E-state index contributed by atoms with van der Waals surface area (Å²) in [6, 6.07) is 3.10. The number of nitrogens with two attached hydrogens (primary N) is 1. The number of rotatable bonds is 2. The van der Waals surface area contributed by atoms with E-state index in [0.717, 1.165) is 6.08 Å². The van der Waals surface area contributed by atoms with Crippen LogP contribution in [0.2, 0.25) is 5.15 Å². The van der Waals surface area contributed by atoms with E-state index in [1.807, 2.05) is 0 Å². The van der Waals surface area contributed by atoms with Crippen LogP contribution in [0.3, 0.4) is 0 Å². The largest absolute Gasteiger partial charge is 0.478 e. The van der Waals surface area contributed by atoms with Crippen LogP contribution in [0.25, 0.3) is 6.08 Å². The molecule has 0 radical (unpaired) electrons. The van der Waals surface area contributed by atoms with Crippen molar-refractivity contribution in [3.63, 3.8) is 0 Å². The van der Waals surface area contributed by atoms with Gasteiger partial charge in [-0.25, -0.2) is 9.78 Å². The van der Waals surface area contributed by atoms with Gasteiger partial charge in [0.05, 0.1) is 11.4 Å². The Kier molecular flexibility index (Phi) is 2.87. The number of hydrogen-bond donors (Lipinski definition) is 2. The highest BCUT2D eigenvalue weighted by atomic mass is 35.5. The van der Waals surface area contributed by atoms with Gasteiger partial charge in [0.15, 0.2) is 0 Å². The number of aromatic nitrogens is 1. The van der Waals surface area contributed by atoms with Gasteiger partial charge in [0, 0.05) is 6.08 Å². The molecule has 1 aromatic rings. The number of pyridine rings is 1. The highest BCUT2D eigenvalue weighted by molar-refractivity contribution is 6.29. The van der Waals surface area contributed by atoms with Crippen molar-refractivity contribution in [1.82, 2.24) is 4.98 Å². The lowest BCUT2D eigenvalue weighted by atomic mass is 10.3. The third-order valence-electron chi connectivity index (χ3n) is 1.31. The monoisotopic (exact) mass is 198 g/mol. The Bertz CT molecular complexity index is 363. The van der Waals surface area contributed by atoms with Crippen LogP contribution in [0.1, 0.15) is 5.69 Å². The average molecular weight is 199 g/mol. The van der Waals surface area contributed by atoms with Gasteiger partial charge in [0.1, 0.15) is 5.15 Å². The van der Waals surface area contributed by atoms with E-state index >= 15 is 0 Å². The third kappa shape index (κ3) is 2.76. The summed E-state index contributed by atoms with van der Waals surface area (Å²) in [7, 11) is 0. The second kappa shape index (κ2) is 3.91. The predicted molar refractivity (Wildman–Crippen MR) is 50.3 cm³/mol. The molecule has 0 aliphatic rings. The van der Waals surface area contributed by atoms with E-state index in [1.165, 1.54) is 12.1 Å². The molecule has 0 amide bonds. The molecule has 0 saturated carbocycles. The fourth-order valence-corrected chi connectivity index (χ4v) is 0.899. The lowest BCUT2D eigenvalue weighted by Gasteiger charge is -1.98. The first-order chi connectivity index (χ1) is 6.09. The van der Waals surface area contributed by atoms with E-state index in [2.05, 4.69) is 4.98 Å². The summed E-state index contributed by atoms with van der Waals surface area (Å²) in [6.07, 6.45) is 2.25. The third-order valence-corrected chi connectivity index (χ3v) is 1.52. The Balaban J connectivity index is 3.00. The second-order valence-corrected chi connectivity index (χ2v) is 2.67. The van der Waals surface area contributed by atoms with Crippen molar-refractivity contribution in [2.45, 2.75) is 0 Å². The number of carbonyl (C=O) groups is 1. The quantitative estimate of drug-likeness (QED) is 0.557. The average Bonchev–Trinajstić information content (AvgIpc) is 2.06. The number of halogens is 1. The van der Waals surface area contributed by atoms with Crippen LogP contribution < -0.4 is 5.73 Å². The highest BCUT2D eigenvalue weighted by Crippen LogP contribution is 2.14. The predicted octanol–water partition coefficient (Wildman–Crippen LogP) is 1.42.